The van der Waals surface area contributed by atoms with Crippen LogP contribution in [0.15, 0.2) is 60.7 Å². The molecule has 1 fully saturated rings. The lowest BCUT2D eigenvalue weighted by Gasteiger charge is -2.27. The Balaban J connectivity index is 1.87. The number of nitrogens with zero attached hydrogens (tertiary/aromatic N) is 1. The Morgan fingerprint density at radius 2 is 1.72 bits per heavy atom. The molecule has 2 atom stereocenters. The van der Waals surface area contributed by atoms with Crippen LogP contribution in [0.2, 0.25) is 0 Å². The molecule has 0 radical (unpaired) electrons. The van der Waals surface area contributed by atoms with Crippen LogP contribution < -0.4 is 10.6 Å². The zero-order valence-electron chi connectivity index (χ0n) is 16.6. The molecule has 3 rings (SSSR count). The molecule has 0 unspecified atom stereocenters. The third-order valence-corrected chi connectivity index (χ3v) is 4.88. The fraction of sp³-hybridized carbons (Fsp3) is 0.318. The summed E-state index contributed by atoms with van der Waals surface area (Å²) in [7, 11) is 1.54. The minimum absolute atomic E-state index is 0.225. The molecule has 1 heterocycles. The van der Waals surface area contributed by atoms with Gasteiger partial charge in [-0.05, 0) is 18.1 Å². The summed E-state index contributed by atoms with van der Waals surface area (Å²) in [5.41, 5.74) is 0.334. The van der Waals surface area contributed by atoms with Crippen molar-refractivity contribution in [3.8, 4) is 0 Å². The Morgan fingerprint density at radius 1 is 1.10 bits per heavy atom. The number of hydrogen-bond donors (Lipinski definition) is 2. The molecular formula is C22H25N3O4. The Labute approximate surface area is 170 Å². The second-order valence-electron chi connectivity index (χ2n) is 7.18. The van der Waals surface area contributed by atoms with Crippen LogP contribution in [-0.2, 0) is 26.3 Å². The van der Waals surface area contributed by atoms with Crippen LogP contribution in [0.4, 0.5) is 4.79 Å². The van der Waals surface area contributed by atoms with Gasteiger partial charge in [0, 0.05) is 19.6 Å². The third-order valence-electron chi connectivity index (χ3n) is 4.88. The fourth-order valence-corrected chi connectivity index (χ4v) is 3.57. The molecule has 0 aromatic heterocycles. The first kappa shape index (κ1) is 20.5. The summed E-state index contributed by atoms with van der Waals surface area (Å²) in [6.07, 6.45) is 0.292. The molecule has 152 valence electrons. The monoisotopic (exact) mass is 395 g/mol. The lowest BCUT2D eigenvalue weighted by Crippen LogP contribution is -2.47. The second-order valence-corrected chi connectivity index (χ2v) is 7.18. The molecule has 0 bridgehead atoms. The van der Waals surface area contributed by atoms with E-state index in [0.717, 1.165) is 10.5 Å². The number of carbonyl (C=O) groups excluding carboxylic acids is 3. The number of rotatable bonds is 8. The Hall–Kier alpha value is -3.19. The number of benzene rings is 2. The highest BCUT2D eigenvalue weighted by molar-refractivity contribution is 6.09. The lowest BCUT2D eigenvalue weighted by atomic mass is 9.83. The van der Waals surface area contributed by atoms with Gasteiger partial charge in [0.2, 0.25) is 5.91 Å². The summed E-state index contributed by atoms with van der Waals surface area (Å²) in [4.78, 5) is 39.4. The number of amides is 4. The van der Waals surface area contributed by atoms with E-state index in [-0.39, 0.29) is 12.6 Å². The number of methoxy groups -OCH3 is 1. The van der Waals surface area contributed by atoms with Gasteiger partial charge in [0.25, 0.3) is 5.91 Å². The Morgan fingerprint density at radius 3 is 2.34 bits per heavy atom. The average molecular weight is 395 g/mol. The molecular weight excluding hydrogens is 370 g/mol. The molecule has 7 heteroatoms. The van der Waals surface area contributed by atoms with E-state index in [0.29, 0.717) is 18.6 Å². The number of carbonyl (C=O) groups is 3. The van der Waals surface area contributed by atoms with E-state index in [1.807, 2.05) is 60.7 Å². The summed E-state index contributed by atoms with van der Waals surface area (Å²) in [5.74, 6) is -0.853. The van der Waals surface area contributed by atoms with E-state index >= 15 is 0 Å². The zero-order valence-corrected chi connectivity index (χ0v) is 16.6. The normalized spacial score (nSPS) is 19.7. The maximum Gasteiger partial charge on any atom is 0.325 e. The molecule has 7 nitrogen and oxygen atoms in total. The minimum Gasteiger partial charge on any atom is -0.383 e. The number of urea groups is 1. The summed E-state index contributed by atoms with van der Waals surface area (Å²) in [6.45, 7) is 1.78. The summed E-state index contributed by atoms with van der Waals surface area (Å²) < 4.78 is 5.00. The first-order valence-corrected chi connectivity index (χ1v) is 9.48. The maximum absolute atomic E-state index is 13.4. The van der Waals surface area contributed by atoms with Crippen molar-refractivity contribution in [1.29, 1.82) is 0 Å². The van der Waals surface area contributed by atoms with Crippen molar-refractivity contribution in [2.24, 2.45) is 0 Å². The van der Waals surface area contributed by atoms with Gasteiger partial charge in [-0.1, -0.05) is 60.7 Å². The summed E-state index contributed by atoms with van der Waals surface area (Å²) >= 11 is 0. The third kappa shape index (κ3) is 4.46. The van der Waals surface area contributed by atoms with Gasteiger partial charge in [-0.25, -0.2) is 4.79 Å². The highest BCUT2D eigenvalue weighted by Crippen LogP contribution is 2.32. The summed E-state index contributed by atoms with van der Waals surface area (Å²) in [5, 5.41) is 5.58. The Kier molecular flexibility index (Phi) is 6.29. The minimum atomic E-state index is -1.25. The highest BCUT2D eigenvalue weighted by atomic mass is 16.5. The molecule has 2 aromatic carbocycles. The predicted molar refractivity (Wildman–Crippen MR) is 108 cm³/mol. The second kappa shape index (κ2) is 8.87. The average Bonchev–Trinajstić information content (AvgIpc) is 2.94. The highest BCUT2D eigenvalue weighted by Gasteiger charge is 2.52. The van der Waals surface area contributed by atoms with Crippen molar-refractivity contribution in [2.45, 2.75) is 24.9 Å². The molecule has 2 aromatic rings. The van der Waals surface area contributed by atoms with Crippen molar-refractivity contribution in [3.05, 3.63) is 71.8 Å². The van der Waals surface area contributed by atoms with Gasteiger partial charge < -0.3 is 15.4 Å². The van der Waals surface area contributed by atoms with Gasteiger partial charge in [0.15, 0.2) is 5.54 Å². The molecule has 1 aliphatic heterocycles. The van der Waals surface area contributed by atoms with Gasteiger partial charge in [-0.3, -0.25) is 14.5 Å². The van der Waals surface area contributed by atoms with E-state index in [9.17, 15) is 14.4 Å². The fourth-order valence-electron chi connectivity index (χ4n) is 3.57. The molecule has 0 saturated carbocycles. The molecule has 1 aliphatic rings. The van der Waals surface area contributed by atoms with E-state index in [1.54, 1.807) is 6.92 Å². The van der Waals surface area contributed by atoms with Gasteiger partial charge in [-0.15, -0.1) is 0 Å². The van der Waals surface area contributed by atoms with Crippen LogP contribution in [0.3, 0.4) is 0 Å². The molecule has 4 amide bonds. The Bertz CT molecular complexity index is 872. The van der Waals surface area contributed by atoms with E-state index in [4.69, 9.17) is 4.74 Å². The van der Waals surface area contributed by atoms with Crippen molar-refractivity contribution in [1.82, 2.24) is 15.5 Å². The number of nitrogens with one attached hydrogen (secondary N) is 2. The van der Waals surface area contributed by atoms with Crippen LogP contribution in [0.1, 0.15) is 18.1 Å². The topological polar surface area (TPSA) is 87.7 Å². The standard InChI is InChI=1S/C22H25N3O4/c1-16(15-29-2)23-19(26)14-25-20(27)22(24-21(25)28,18-11-7-4-8-12-18)13-17-9-5-3-6-10-17/h3-12,16H,13-15H2,1-2H3,(H,23,26)(H,24,28)/t16-,22-/m0/s1. The van der Waals surface area contributed by atoms with E-state index in [1.165, 1.54) is 7.11 Å². The molecule has 1 saturated heterocycles. The summed E-state index contributed by atoms with van der Waals surface area (Å²) in [6, 6.07) is 17.8. The molecule has 2 N–H and O–H groups in total. The van der Waals surface area contributed by atoms with Crippen LogP contribution >= 0.6 is 0 Å². The SMILES string of the molecule is COC[C@H](C)NC(=O)CN1C(=O)N[C@@](Cc2ccccc2)(c2ccccc2)C1=O. The van der Waals surface area contributed by atoms with Gasteiger partial charge in [-0.2, -0.15) is 0 Å². The molecule has 0 spiro atoms. The van der Waals surface area contributed by atoms with Gasteiger partial charge in [0.1, 0.15) is 6.54 Å². The quantitative estimate of drug-likeness (QED) is 0.668. The van der Waals surface area contributed by atoms with Crippen LogP contribution in [0.5, 0.6) is 0 Å². The van der Waals surface area contributed by atoms with Crippen LogP contribution in [0.25, 0.3) is 0 Å². The van der Waals surface area contributed by atoms with Gasteiger partial charge >= 0.3 is 6.03 Å². The number of imide groups is 1. The number of hydrogen-bond acceptors (Lipinski definition) is 4. The molecule has 0 aliphatic carbocycles. The molecule has 29 heavy (non-hydrogen) atoms. The smallest absolute Gasteiger partial charge is 0.325 e. The first-order chi connectivity index (χ1) is 14.0. The zero-order chi connectivity index (χ0) is 20.9. The predicted octanol–water partition coefficient (Wildman–Crippen LogP) is 1.83. The van der Waals surface area contributed by atoms with Crippen molar-refractivity contribution >= 4 is 17.8 Å². The van der Waals surface area contributed by atoms with Crippen LogP contribution in [0, 0.1) is 0 Å². The van der Waals surface area contributed by atoms with E-state index in [2.05, 4.69) is 10.6 Å². The maximum atomic E-state index is 13.4. The number of ether oxygens (including phenoxy) is 1. The van der Waals surface area contributed by atoms with Crippen molar-refractivity contribution in [2.75, 3.05) is 20.3 Å². The van der Waals surface area contributed by atoms with E-state index < -0.39 is 23.4 Å². The van der Waals surface area contributed by atoms with Crippen molar-refractivity contribution in [3.63, 3.8) is 0 Å². The van der Waals surface area contributed by atoms with Crippen molar-refractivity contribution < 1.29 is 19.1 Å². The first-order valence-electron chi connectivity index (χ1n) is 9.48. The van der Waals surface area contributed by atoms with Gasteiger partial charge in [0.05, 0.1) is 6.61 Å². The van der Waals surface area contributed by atoms with Crippen LogP contribution in [-0.4, -0.2) is 49.0 Å². The lowest BCUT2D eigenvalue weighted by molar-refractivity contribution is -0.135. The largest absolute Gasteiger partial charge is 0.383 e.